The van der Waals surface area contributed by atoms with E-state index in [9.17, 15) is 9.90 Å². The SMILES string of the molecule is CCC(O)CNC(=O)c1coc2ccccc12. The molecule has 0 bridgehead atoms. The van der Waals surface area contributed by atoms with Crippen LogP contribution < -0.4 is 5.32 Å². The summed E-state index contributed by atoms with van der Waals surface area (Å²) in [6, 6.07) is 7.36. The van der Waals surface area contributed by atoms with Gasteiger partial charge in [0.2, 0.25) is 0 Å². The lowest BCUT2D eigenvalue weighted by Crippen LogP contribution is -2.31. The number of hydrogen-bond acceptors (Lipinski definition) is 3. The molecular formula is C13H15NO3. The molecule has 1 aromatic heterocycles. The van der Waals surface area contributed by atoms with Crippen LogP contribution in [0.25, 0.3) is 11.0 Å². The maximum atomic E-state index is 11.9. The summed E-state index contributed by atoms with van der Waals surface area (Å²) in [6.45, 7) is 2.12. The van der Waals surface area contributed by atoms with Gasteiger partial charge in [-0.25, -0.2) is 0 Å². The van der Waals surface area contributed by atoms with Crippen molar-refractivity contribution < 1.29 is 14.3 Å². The number of carbonyl (C=O) groups is 1. The number of hydrogen-bond donors (Lipinski definition) is 2. The summed E-state index contributed by atoms with van der Waals surface area (Å²) in [7, 11) is 0. The van der Waals surface area contributed by atoms with Crippen LogP contribution in [0, 0.1) is 0 Å². The van der Waals surface area contributed by atoms with Gasteiger partial charge in [0.1, 0.15) is 11.8 Å². The predicted molar refractivity (Wildman–Crippen MR) is 64.8 cm³/mol. The van der Waals surface area contributed by atoms with Crippen molar-refractivity contribution in [1.82, 2.24) is 5.32 Å². The van der Waals surface area contributed by atoms with E-state index in [0.717, 1.165) is 5.39 Å². The van der Waals surface area contributed by atoms with Crippen molar-refractivity contribution in [3.8, 4) is 0 Å². The molecule has 4 heteroatoms. The van der Waals surface area contributed by atoms with Gasteiger partial charge in [-0.2, -0.15) is 0 Å². The van der Waals surface area contributed by atoms with Crippen LogP contribution in [0.5, 0.6) is 0 Å². The number of aliphatic hydroxyl groups excluding tert-OH is 1. The van der Waals surface area contributed by atoms with Gasteiger partial charge in [-0.3, -0.25) is 4.79 Å². The van der Waals surface area contributed by atoms with Gasteiger partial charge in [0.15, 0.2) is 0 Å². The molecule has 0 aliphatic heterocycles. The fourth-order valence-electron chi connectivity index (χ4n) is 1.60. The highest BCUT2D eigenvalue weighted by Gasteiger charge is 2.13. The van der Waals surface area contributed by atoms with Crippen LogP contribution in [0.3, 0.4) is 0 Å². The number of para-hydroxylation sites is 1. The summed E-state index contributed by atoms with van der Waals surface area (Å²) in [4.78, 5) is 11.9. The van der Waals surface area contributed by atoms with Crippen LogP contribution in [0.1, 0.15) is 23.7 Å². The number of carbonyl (C=O) groups excluding carboxylic acids is 1. The van der Waals surface area contributed by atoms with Crippen LogP contribution in [-0.4, -0.2) is 23.7 Å². The molecule has 2 aromatic rings. The number of rotatable bonds is 4. The Morgan fingerprint density at radius 2 is 2.24 bits per heavy atom. The third-order valence-corrected chi connectivity index (χ3v) is 2.70. The summed E-state index contributed by atoms with van der Waals surface area (Å²) < 4.78 is 5.28. The largest absolute Gasteiger partial charge is 0.463 e. The molecule has 1 amide bonds. The molecule has 0 aliphatic carbocycles. The fourth-order valence-corrected chi connectivity index (χ4v) is 1.60. The maximum absolute atomic E-state index is 11.9. The molecule has 1 heterocycles. The van der Waals surface area contributed by atoms with Gasteiger partial charge in [-0.05, 0) is 12.5 Å². The first-order valence-corrected chi connectivity index (χ1v) is 5.65. The zero-order valence-electron chi connectivity index (χ0n) is 9.64. The van der Waals surface area contributed by atoms with Gasteiger partial charge in [0.25, 0.3) is 5.91 Å². The van der Waals surface area contributed by atoms with E-state index in [-0.39, 0.29) is 12.5 Å². The molecule has 0 fully saturated rings. The molecule has 17 heavy (non-hydrogen) atoms. The molecule has 0 aliphatic rings. The number of fused-ring (bicyclic) bond motifs is 1. The fraction of sp³-hybridized carbons (Fsp3) is 0.308. The van der Waals surface area contributed by atoms with E-state index < -0.39 is 6.10 Å². The van der Waals surface area contributed by atoms with E-state index in [1.54, 1.807) is 0 Å². The minimum atomic E-state index is -0.503. The average molecular weight is 233 g/mol. The molecule has 1 unspecified atom stereocenters. The van der Waals surface area contributed by atoms with E-state index in [4.69, 9.17) is 4.42 Å². The lowest BCUT2D eigenvalue weighted by atomic mass is 10.1. The average Bonchev–Trinajstić information content (AvgIpc) is 2.79. The van der Waals surface area contributed by atoms with Crippen LogP contribution >= 0.6 is 0 Å². The lowest BCUT2D eigenvalue weighted by Gasteiger charge is -2.08. The summed E-state index contributed by atoms with van der Waals surface area (Å²) in [5.74, 6) is -0.220. The summed E-state index contributed by atoms with van der Waals surface area (Å²) >= 11 is 0. The molecule has 1 atom stereocenters. The van der Waals surface area contributed by atoms with Gasteiger partial charge in [0, 0.05) is 11.9 Å². The number of aliphatic hydroxyl groups is 1. The quantitative estimate of drug-likeness (QED) is 0.848. The van der Waals surface area contributed by atoms with Crippen molar-refractivity contribution in [3.63, 3.8) is 0 Å². The van der Waals surface area contributed by atoms with Crippen LogP contribution in [0.2, 0.25) is 0 Å². The zero-order valence-corrected chi connectivity index (χ0v) is 9.64. The first kappa shape index (κ1) is 11.7. The second-order valence-corrected chi connectivity index (χ2v) is 3.92. The Morgan fingerprint density at radius 3 is 3.00 bits per heavy atom. The van der Waals surface area contributed by atoms with Crippen molar-refractivity contribution in [1.29, 1.82) is 0 Å². The van der Waals surface area contributed by atoms with Crippen molar-refractivity contribution in [2.75, 3.05) is 6.54 Å². The summed E-state index contributed by atoms with van der Waals surface area (Å²) in [5, 5.41) is 12.8. The van der Waals surface area contributed by atoms with E-state index in [1.807, 2.05) is 31.2 Å². The third kappa shape index (κ3) is 2.47. The highest BCUT2D eigenvalue weighted by molar-refractivity contribution is 6.05. The Hall–Kier alpha value is -1.81. The van der Waals surface area contributed by atoms with E-state index in [1.165, 1.54) is 6.26 Å². The molecule has 1 aromatic carbocycles. The number of nitrogens with one attached hydrogen (secondary N) is 1. The van der Waals surface area contributed by atoms with E-state index in [2.05, 4.69) is 5.32 Å². The van der Waals surface area contributed by atoms with Crippen molar-refractivity contribution >= 4 is 16.9 Å². The molecular weight excluding hydrogens is 218 g/mol. The minimum absolute atomic E-state index is 0.220. The standard InChI is InChI=1S/C13H15NO3/c1-2-9(15)7-14-13(16)11-8-17-12-6-4-3-5-10(11)12/h3-6,8-9,15H,2,7H2,1H3,(H,14,16). The molecule has 0 radical (unpaired) electrons. The molecule has 0 saturated heterocycles. The third-order valence-electron chi connectivity index (χ3n) is 2.70. The van der Waals surface area contributed by atoms with Crippen molar-refractivity contribution in [3.05, 3.63) is 36.1 Å². The van der Waals surface area contributed by atoms with Crippen molar-refractivity contribution in [2.24, 2.45) is 0 Å². The molecule has 2 rings (SSSR count). The number of amides is 1. The molecule has 90 valence electrons. The van der Waals surface area contributed by atoms with Crippen molar-refractivity contribution in [2.45, 2.75) is 19.4 Å². The predicted octanol–water partition coefficient (Wildman–Crippen LogP) is 1.93. The Kier molecular flexibility index (Phi) is 3.44. The Balaban J connectivity index is 2.14. The second-order valence-electron chi connectivity index (χ2n) is 3.92. The molecule has 0 saturated carbocycles. The van der Waals surface area contributed by atoms with Gasteiger partial charge in [0.05, 0.1) is 11.7 Å². The smallest absolute Gasteiger partial charge is 0.255 e. The second kappa shape index (κ2) is 5.01. The maximum Gasteiger partial charge on any atom is 0.255 e. The van der Waals surface area contributed by atoms with Gasteiger partial charge >= 0.3 is 0 Å². The van der Waals surface area contributed by atoms with E-state index in [0.29, 0.717) is 17.6 Å². The van der Waals surface area contributed by atoms with Gasteiger partial charge in [-0.1, -0.05) is 25.1 Å². The number of furan rings is 1. The Bertz CT molecular complexity index is 518. The normalized spacial score (nSPS) is 12.6. The minimum Gasteiger partial charge on any atom is -0.463 e. The van der Waals surface area contributed by atoms with Crippen LogP contribution in [-0.2, 0) is 0 Å². The Labute approximate surface area is 99.2 Å². The highest BCUT2D eigenvalue weighted by atomic mass is 16.3. The van der Waals surface area contributed by atoms with Gasteiger partial charge < -0.3 is 14.8 Å². The molecule has 4 nitrogen and oxygen atoms in total. The van der Waals surface area contributed by atoms with Crippen LogP contribution in [0.15, 0.2) is 34.9 Å². The topological polar surface area (TPSA) is 62.5 Å². The number of benzene rings is 1. The first-order chi connectivity index (χ1) is 8.22. The summed E-state index contributed by atoms with van der Waals surface area (Å²) in [6.07, 6.45) is 1.56. The van der Waals surface area contributed by atoms with Crippen LogP contribution in [0.4, 0.5) is 0 Å². The van der Waals surface area contributed by atoms with Gasteiger partial charge in [-0.15, -0.1) is 0 Å². The highest BCUT2D eigenvalue weighted by Crippen LogP contribution is 2.20. The van der Waals surface area contributed by atoms with E-state index >= 15 is 0 Å². The molecule has 2 N–H and O–H groups in total. The first-order valence-electron chi connectivity index (χ1n) is 5.65. The lowest BCUT2D eigenvalue weighted by molar-refractivity contribution is 0.0914. The Morgan fingerprint density at radius 1 is 1.47 bits per heavy atom. The molecule has 0 spiro atoms. The monoisotopic (exact) mass is 233 g/mol. The zero-order chi connectivity index (χ0) is 12.3. The summed E-state index contributed by atoms with van der Waals surface area (Å²) in [5.41, 5.74) is 1.19.